The van der Waals surface area contributed by atoms with Crippen molar-refractivity contribution in [2.45, 2.75) is 31.6 Å². The Balaban J connectivity index is 1.49. The third-order valence-corrected chi connectivity index (χ3v) is 4.97. The smallest absolute Gasteiger partial charge is 0.169 e. The van der Waals surface area contributed by atoms with Crippen molar-refractivity contribution < 1.29 is 4.52 Å². The lowest BCUT2D eigenvalue weighted by molar-refractivity contribution is 0.437. The molecule has 1 saturated carbocycles. The molecule has 1 aliphatic carbocycles. The van der Waals surface area contributed by atoms with E-state index in [9.17, 15) is 0 Å². The highest BCUT2D eigenvalue weighted by Gasteiger charge is 2.23. The van der Waals surface area contributed by atoms with Gasteiger partial charge in [0.25, 0.3) is 0 Å². The molecule has 0 radical (unpaired) electrons. The number of aromatic amines is 1. The second-order valence-electron chi connectivity index (χ2n) is 6.49. The molecule has 3 aromatic heterocycles. The Bertz CT molecular complexity index is 1010. The van der Waals surface area contributed by atoms with Crippen molar-refractivity contribution in [2.75, 3.05) is 5.32 Å². The molecule has 0 atom stereocenters. The van der Waals surface area contributed by atoms with E-state index in [2.05, 4.69) is 32.6 Å². The van der Waals surface area contributed by atoms with Gasteiger partial charge in [-0.3, -0.25) is 0 Å². The van der Waals surface area contributed by atoms with Crippen molar-refractivity contribution in [3.63, 3.8) is 0 Å². The number of anilines is 2. The number of fused-ring (bicyclic) bond motifs is 2. The number of hydrogen-bond donors (Lipinski definition) is 2. The molecule has 0 spiro atoms. The van der Waals surface area contributed by atoms with Crippen LogP contribution in [0.4, 0.5) is 11.4 Å². The molecular formula is C19H18N4O. The van der Waals surface area contributed by atoms with Crippen molar-refractivity contribution in [3.05, 3.63) is 48.4 Å². The second kappa shape index (κ2) is 5.37. The van der Waals surface area contributed by atoms with Gasteiger partial charge in [-0.2, -0.15) is 0 Å². The van der Waals surface area contributed by atoms with Crippen LogP contribution in [0, 0.1) is 0 Å². The monoisotopic (exact) mass is 318 g/mol. The maximum atomic E-state index is 5.60. The van der Waals surface area contributed by atoms with Crippen molar-refractivity contribution in [1.82, 2.24) is 15.1 Å². The van der Waals surface area contributed by atoms with Crippen LogP contribution in [0.1, 0.15) is 37.3 Å². The first-order valence-corrected chi connectivity index (χ1v) is 8.47. The van der Waals surface area contributed by atoms with E-state index in [1.807, 2.05) is 24.4 Å². The van der Waals surface area contributed by atoms with Gasteiger partial charge >= 0.3 is 0 Å². The second-order valence-corrected chi connectivity index (χ2v) is 6.49. The first kappa shape index (κ1) is 13.6. The van der Waals surface area contributed by atoms with Gasteiger partial charge in [0.1, 0.15) is 5.65 Å². The zero-order valence-corrected chi connectivity index (χ0v) is 13.2. The van der Waals surface area contributed by atoms with E-state index in [1.54, 1.807) is 6.20 Å². The highest BCUT2D eigenvalue weighted by molar-refractivity contribution is 5.93. The largest absolute Gasteiger partial charge is 0.356 e. The molecule has 4 aromatic rings. The third-order valence-electron chi connectivity index (χ3n) is 4.97. The van der Waals surface area contributed by atoms with E-state index in [4.69, 9.17) is 4.52 Å². The summed E-state index contributed by atoms with van der Waals surface area (Å²) >= 11 is 0. The summed E-state index contributed by atoms with van der Waals surface area (Å²) in [7, 11) is 0. The molecule has 24 heavy (non-hydrogen) atoms. The predicted octanol–water partition coefficient (Wildman–Crippen LogP) is 5.11. The Morgan fingerprint density at radius 3 is 2.96 bits per heavy atom. The third kappa shape index (κ3) is 2.16. The van der Waals surface area contributed by atoms with E-state index in [0.29, 0.717) is 5.92 Å². The molecule has 1 aromatic carbocycles. The SMILES string of the molecule is c1cnc2[nH]cc(Nc3ccc4c(C5CCCC5)noc4c3)c2c1. The summed E-state index contributed by atoms with van der Waals surface area (Å²) in [6.07, 6.45) is 8.77. The quantitative estimate of drug-likeness (QED) is 0.551. The maximum Gasteiger partial charge on any atom is 0.169 e. The highest BCUT2D eigenvalue weighted by atomic mass is 16.5. The number of aromatic nitrogens is 3. The van der Waals surface area contributed by atoms with Crippen LogP contribution >= 0.6 is 0 Å². The zero-order valence-electron chi connectivity index (χ0n) is 13.2. The van der Waals surface area contributed by atoms with Gasteiger partial charge in [-0.05, 0) is 37.1 Å². The number of rotatable bonds is 3. The van der Waals surface area contributed by atoms with Crippen molar-refractivity contribution >= 4 is 33.4 Å². The van der Waals surface area contributed by atoms with E-state index < -0.39 is 0 Å². The fourth-order valence-electron chi connectivity index (χ4n) is 3.74. The van der Waals surface area contributed by atoms with Gasteiger partial charge < -0.3 is 14.8 Å². The average Bonchev–Trinajstić information content (AvgIpc) is 3.34. The zero-order chi connectivity index (χ0) is 15.9. The van der Waals surface area contributed by atoms with Crippen LogP contribution < -0.4 is 5.32 Å². The molecule has 1 aliphatic rings. The summed E-state index contributed by atoms with van der Waals surface area (Å²) in [5.74, 6) is 0.560. The molecule has 5 heteroatoms. The molecule has 0 amide bonds. The van der Waals surface area contributed by atoms with Crippen LogP contribution in [0.2, 0.25) is 0 Å². The number of nitrogens with zero attached hydrogens (tertiary/aromatic N) is 2. The molecule has 3 heterocycles. The Kier molecular flexibility index (Phi) is 3.04. The van der Waals surface area contributed by atoms with Gasteiger partial charge in [-0.25, -0.2) is 4.98 Å². The summed E-state index contributed by atoms with van der Waals surface area (Å²) in [5.41, 5.74) is 4.85. The average molecular weight is 318 g/mol. The molecule has 2 N–H and O–H groups in total. The molecular weight excluding hydrogens is 300 g/mol. The van der Waals surface area contributed by atoms with Gasteiger partial charge in [0.05, 0.1) is 11.4 Å². The molecule has 0 saturated heterocycles. The van der Waals surface area contributed by atoms with Gasteiger partial charge in [-0.15, -0.1) is 0 Å². The fourth-order valence-corrected chi connectivity index (χ4v) is 3.74. The summed E-state index contributed by atoms with van der Waals surface area (Å²) in [4.78, 5) is 7.49. The minimum atomic E-state index is 0.560. The Labute approximate surface area is 139 Å². The molecule has 0 unspecified atom stereocenters. The van der Waals surface area contributed by atoms with Gasteiger partial charge in [0.2, 0.25) is 0 Å². The number of hydrogen-bond acceptors (Lipinski definition) is 4. The molecule has 5 rings (SSSR count). The normalized spacial score (nSPS) is 15.5. The van der Waals surface area contributed by atoms with Crippen molar-refractivity contribution in [2.24, 2.45) is 0 Å². The van der Waals surface area contributed by atoms with Crippen LogP contribution in [-0.4, -0.2) is 15.1 Å². The standard InChI is InChI=1S/C19H18N4O/c1-2-5-12(4-1)18-15-8-7-13(10-17(15)24-23-18)22-16-11-21-19-14(16)6-3-9-20-19/h3,6-12,22H,1-2,4-5H2,(H,20,21). The number of nitrogens with one attached hydrogen (secondary N) is 2. The molecule has 5 nitrogen and oxygen atoms in total. The predicted molar refractivity (Wildman–Crippen MR) is 94.6 cm³/mol. The Morgan fingerprint density at radius 2 is 2.04 bits per heavy atom. The van der Waals surface area contributed by atoms with Crippen molar-refractivity contribution in [1.29, 1.82) is 0 Å². The van der Waals surface area contributed by atoms with Crippen LogP contribution in [-0.2, 0) is 0 Å². The topological polar surface area (TPSA) is 66.7 Å². The molecule has 0 aliphatic heterocycles. The van der Waals surface area contributed by atoms with Crippen molar-refractivity contribution in [3.8, 4) is 0 Å². The Hall–Kier alpha value is -2.82. The van der Waals surface area contributed by atoms with Crippen LogP contribution in [0.3, 0.4) is 0 Å². The highest BCUT2D eigenvalue weighted by Crippen LogP contribution is 2.38. The van der Waals surface area contributed by atoms with Gasteiger partial charge in [0, 0.05) is 40.8 Å². The lowest BCUT2D eigenvalue weighted by Gasteiger charge is -2.06. The minimum Gasteiger partial charge on any atom is -0.356 e. The van der Waals surface area contributed by atoms with E-state index in [0.717, 1.165) is 39.1 Å². The fraction of sp³-hybridized carbons (Fsp3) is 0.263. The lowest BCUT2D eigenvalue weighted by atomic mass is 10.0. The molecule has 120 valence electrons. The van der Waals surface area contributed by atoms with Crippen LogP contribution in [0.15, 0.2) is 47.2 Å². The summed E-state index contributed by atoms with van der Waals surface area (Å²) in [6.45, 7) is 0. The van der Waals surface area contributed by atoms with Crippen LogP contribution in [0.25, 0.3) is 22.0 Å². The summed E-state index contributed by atoms with van der Waals surface area (Å²) < 4.78 is 5.60. The molecule has 0 bridgehead atoms. The van der Waals surface area contributed by atoms with Gasteiger partial charge in [-0.1, -0.05) is 18.0 Å². The number of benzene rings is 1. The number of pyridine rings is 1. The number of H-pyrrole nitrogens is 1. The first-order chi connectivity index (χ1) is 11.9. The maximum absolute atomic E-state index is 5.60. The summed E-state index contributed by atoms with van der Waals surface area (Å²) in [6, 6.07) is 10.2. The minimum absolute atomic E-state index is 0.560. The summed E-state index contributed by atoms with van der Waals surface area (Å²) in [5, 5.41) is 10.0. The lowest BCUT2D eigenvalue weighted by Crippen LogP contribution is -1.93. The molecule has 1 fully saturated rings. The Morgan fingerprint density at radius 1 is 1.12 bits per heavy atom. The first-order valence-electron chi connectivity index (χ1n) is 8.47. The van der Waals surface area contributed by atoms with Gasteiger partial charge in [0.15, 0.2) is 5.58 Å². The van der Waals surface area contributed by atoms with E-state index >= 15 is 0 Å². The van der Waals surface area contributed by atoms with Crippen LogP contribution in [0.5, 0.6) is 0 Å². The van der Waals surface area contributed by atoms with E-state index in [1.165, 1.54) is 25.7 Å². The van der Waals surface area contributed by atoms with E-state index in [-0.39, 0.29) is 0 Å².